The van der Waals surface area contributed by atoms with E-state index >= 15 is 0 Å². The maximum absolute atomic E-state index is 10.8. The van der Waals surface area contributed by atoms with Gasteiger partial charge in [-0.2, -0.15) is 0 Å². The van der Waals surface area contributed by atoms with Crippen molar-refractivity contribution in [1.82, 2.24) is 4.98 Å². The predicted octanol–water partition coefficient (Wildman–Crippen LogP) is 4.06. The van der Waals surface area contributed by atoms with Crippen LogP contribution >= 0.6 is 22.9 Å². The Kier molecular flexibility index (Phi) is 4.39. The summed E-state index contributed by atoms with van der Waals surface area (Å²) < 4.78 is 0. The average molecular weight is 297 g/mol. The van der Waals surface area contributed by atoms with Crippen LogP contribution < -0.4 is 5.32 Å². The van der Waals surface area contributed by atoms with Crippen molar-refractivity contribution in [1.29, 1.82) is 0 Å². The van der Waals surface area contributed by atoms with Crippen LogP contribution in [0, 0.1) is 0 Å². The van der Waals surface area contributed by atoms with E-state index < -0.39 is 5.97 Å². The number of nitrogens with one attached hydrogen (secondary N) is 1. The molecule has 0 saturated heterocycles. The summed E-state index contributed by atoms with van der Waals surface area (Å²) in [5, 5.41) is 14.4. The van der Waals surface area contributed by atoms with Crippen LogP contribution in [0.4, 0.5) is 5.82 Å². The van der Waals surface area contributed by atoms with Gasteiger partial charge in [0.2, 0.25) is 0 Å². The number of rotatable bonds is 5. The third-order valence-corrected chi connectivity index (χ3v) is 3.97. The summed E-state index contributed by atoms with van der Waals surface area (Å²) in [5.74, 6) is -0.529. The van der Waals surface area contributed by atoms with Crippen molar-refractivity contribution in [2.24, 2.45) is 0 Å². The Balaban J connectivity index is 2.21. The van der Waals surface area contributed by atoms with Crippen LogP contribution in [0.3, 0.4) is 0 Å². The number of anilines is 1. The average Bonchev–Trinajstić information content (AvgIpc) is 2.91. The molecular formula is C13H13ClN2O2S. The van der Waals surface area contributed by atoms with Crippen molar-refractivity contribution in [2.75, 3.05) is 5.32 Å². The molecule has 2 aromatic rings. The Labute approximate surface area is 120 Å². The zero-order valence-corrected chi connectivity index (χ0v) is 11.8. The van der Waals surface area contributed by atoms with Gasteiger partial charge in [-0.1, -0.05) is 24.6 Å². The second-order valence-corrected chi connectivity index (χ2v) is 5.37. The highest BCUT2D eigenvalue weighted by Crippen LogP contribution is 2.29. The van der Waals surface area contributed by atoms with E-state index in [4.69, 9.17) is 16.7 Å². The normalized spacial score (nSPS) is 12.1. The molecule has 19 heavy (non-hydrogen) atoms. The fourth-order valence-corrected chi connectivity index (χ4v) is 2.77. The Morgan fingerprint density at radius 2 is 2.42 bits per heavy atom. The number of pyridine rings is 1. The lowest BCUT2D eigenvalue weighted by molar-refractivity contribution is 0.0696. The van der Waals surface area contributed by atoms with Gasteiger partial charge >= 0.3 is 5.97 Å². The zero-order chi connectivity index (χ0) is 13.8. The van der Waals surface area contributed by atoms with Crippen molar-refractivity contribution in [3.8, 4) is 0 Å². The lowest BCUT2D eigenvalue weighted by Crippen LogP contribution is -2.10. The van der Waals surface area contributed by atoms with Gasteiger partial charge in [0.1, 0.15) is 5.82 Å². The van der Waals surface area contributed by atoms with E-state index in [9.17, 15) is 4.79 Å². The molecule has 0 aliphatic rings. The molecule has 0 aliphatic heterocycles. The van der Waals surface area contributed by atoms with Gasteiger partial charge in [0.15, 0.2) is 0 Å². The molecule has 0 aliphatic carbocycles. The third-order valence-electron chi connectivity index (χ3n) is 2.69. The van der Waals surface area contributed by atoms with Crippen LogP contribution in [0.25, 0.3) is 0 Å². The van der Waals surface area contributed by atoms with E-state index in [1.54, 1.807) is 11.3 Å². The molecule has 0 fully saturated rings. The van der Waals surface area contributed by atoms with Gasteiger partial charge in [-0.25, -0.2) is 9.78 Å². The van der Waals surface area contributed by atoms with E-state index in [2.05, 4.69) is 17.2 Å². The lowest BCUT2D eigenvalue weighted by Gasteiger charge is -2.17. The minimum Gasteiger partial charge on any atom is -0.478 e. The summed E-state index contributed by atoms with van der Waals surface area (Å²) in [4.78, 5) is 16.1. The number of carbonyl (C=O) groups is 1. The molecule has 100 valence electrons. The molecule has 2 N–H and O–H groups in total. The van der Waals surface area contributed by atoms with Crippen molar-refractivity contribution in [2.45, 2.75) is 19.4 Å². The molecule has 0 bridgehead atoms. The molecule has 0 radical (unpaired) electrons. The van der Waals surface area contributed by atoms with E-state index in [1.165, 1.54) is 17.1 Å². The molecule has 2 heterocycles. The standard InChI is InChI=1S/C13H13ClN2O2S/c1-2-10(11-4-3-5-19-11)16-12-9(14)6-8(7-15-12)13(17)18/h3-7,10H,2H2,1H3,(H,15,16)(H,17,18). The summed E-state index contributed by atoms with van der Waals surface area (Å²) in [6.07, 6.45) is 2.19. The van der Waals surface area contributed by atoms with Crippen molar-refractivity contribution >= 4 is 34.7 Å². The largest absolute Gasteiger partial charge is 0.478 e. The Bertz CT molecular complexity index is 572. The van der Waals surface area contributed by atoms with Crippen LogP contribution in [0.5, 0.6) is 0 Å². The van der Waals surface area contributed by atoms with Gasteiger partial charge in [0, 0.05) is 11.1 Å². The molecule has 1 atom stereocenters. The smallest absolute Gasteiger partial charge is 0.337 e. The quantitative estimate of drug-likeness (QED) is 0.873. The number of thiophene rings is 1. The SMILES string of the molecule is CCC(Nc1ncc(C(=O)O)cc1Cl)c1cccs1. The molecule has 2 rings (SSSR count). The number of hydrogen-bond donors (Lipinski definition) is 2. The number of hydrogen-bond acceptors (Lipinski definition) is 4. The molecule has 0 aromatic carbocycles. The minimum absolute atomic E-state index is 0.0831. The summed E-state index contributed by atoms with van der Waals surface area (Å²) in [6, 6.07) is 5.57. The highest BCUT2D eigenvalue weighted by Gasteiger charge is 2.14. The topological polar surface area (TPSA) is 62.2 Å². The second-order valence-electron chi connectivity index (χ2n) is 3.98. The number of halogens is 1. The minimum atomic E-state index is -1.04. The van der Waals surface area contributed by atoms with E-state index in [-0.39, 0.29) is 11.6 Å². The van der Waals surface area contributed by atoms with Gasteiger partial charge in [0.05, 0.1) is 16.6 Å². The number of carboxylic acids is 1. The highest BCUT2D eigenvalue weighted by atomic mass is 35.5. The Morgan fingerprint density at radius 3 is 2.95 bits per heavy atom. The van der Waals surface area contributed by atoms with Gasteiger partial charge in [-0.05, 0) is 23.9 Å². The molecule has 1 unspecified atom stereocenters. The maximum Gasteiger partial charge on any atom is 0.337 e. The van der Waals surface area contributed by atoms with Gasteiger partial charge in [-0.3, -0.25) is 0 Å². The molecular weight excluding hydrogens is 284 g/mol. The van der Waals surface area contributed by atoms with Crippen molar-refractivity contribution in [3.63, 3.8) is 0 Å². The third kappa shape index (κ3) is 3.24. The Hall–Kier alpha value is -1.59. The molecule has 4 nitrogen and oxygen atoms in total. The summed E-state index contributed by atoms with van der Waals surface area (Å²) >= 11 is 7.71. The first-order chi connectivity index (χ1) is 9.11. The van der Waals surface area contributed by atoms with E-state index in [0.29, 0.717) is 10.8 Å². The van der Waals surface area contributed by atoms with E-state index in [1.807, 2.05) is 17.5 Å². The monoisotopic (exact) mass is 296 g/mol. The molecule has 2 aromatic heterocycles. The van der Waals surface area contributed by atoms with Gasteiger partial charge in [-0.15, -0.1) is 11.3 Å². The molecule has 0 spiro atoms. The van der Waals surface area contributed by atoms with Crippen molar-refractivity contribution in [3.05, 3.63) is 45.2 Å². The van der Waals surface area contributed by atoms with Crippen molar-refractivity contribution < 1.29 is 9.90 Å². The lowest BCUT2D eigenvalue weighted by atomic mass is 10.2. The fraction of sp³-hybridized carbons (Fsp3) is 0.231. The number of aromatic nitrogens is 1. The first-order valence-electron chi connectivity index (χ1n) is 5.80. The van der Waals surface area contributed by atoms with Crippen LogP contribution in [-0.2, 0) is 0 Å². The summed E-state index contributed by atoms with van der Waals surface area (Å²) in [5.41, 5.74) is 0.0831. The van der Waals surface area contributed by atoms with Crippen LogP contribution in [-0.4, -0.2) is 16.1 Å². The van der Waals surface area contributed by atoms with Crippen LogP contribution in [0.2, 0.25) is 5.02 Å². The highest BCUT2D eigenvalue weighted by molar-refractivity contribution is 7.10. The van der Waals surface area contributed by atoms with Crippen LogP contribution in [0.15, 0.2) is 29.8 Å². The summed E-state index contributed by atoms with van der Waals surface area (Å²) in [6.45, 7) is 2.07. The zero-order valence-electron chi connectivity index (χ0n) is 10.3. The molecule has 0 amide bonds. The van der Waals surface area contributed by atoms with E-state index in [0.717, 1.165) is 6.42 Å². The Morgan fingerprint density at radius 1 is 1.63 bits per heavy atom. The maximum atomic E-state index is 10.8. The number of aromatic carboxylic acids is 1. The van der Waals surface area contributed by atoms with Gasteiger partial charge < -0.3 is 10.4 Å². The van der Waals surface area contributed by atoms with Crippen LogP contribution in [0.1, 0.15) is 34.6 Å². The predicted molar refractivity (Wildman–Crippen MR) is 77.2 cm³/mol. The molecule has 6 heteroatoms. The molecule has 0 saturated carbocycles. The van der Waals surface area contributed by atoms with Gasteiger partial charge in [0.25, 0.3) is 0 Å². The number of carboxylic acid groups (broad SMARTS) is 1. The second kappa shape index (κ2) is 6.04. The number of nitrogens with zero attached hydrogens (tertiary/aromatic N) is 1. The summed E-state index contributed by atoms with van der Waals surface area (Å²) in [7, 11) is 0. The fourth-order valence-electron chi connectivity index (χ4n) is 1.69. The first kappa shape index (κ1) is 13.8. The first-order valence-corrected chi connectivity index (χ1v) is 7.06.